The Bertz CT molecular complexity index is 1690. The summed E-state index contributed by atoms with van der Waals surface area (Å²) in [4.78, 5) is 2.27. The summed E-state index contributed by atoms with van der Waals surface area (Å²) in [6.45, 7) is 0.104. The number of fused-ring (bicyclic) bond motifs is 6. The molecule has 0 aromatic heterocycles. The SMILES string of the molecule is OCc1ccc(-c2ccc3c4c(ccc3c2)Oc2ccc3cc(-c5ccc(CO)cc5)ccc3c2S4)cc1. The van der Waals surface area contributed by atoms with E-state index in [0.29, 0.717) is 0 Å². The Morgan fingerprint density at radius 1 is 0.474 bits per heavy atom. The number of aliphatic hydroxyl groups excluding tert-OH is 2. The van der Waals surface area contributed by atoms with Crippen LogP contribution in [0.2, 0.25) is 0 Å². The minimum absolute atomic E-state index is 0.0521. The summed E-state index contributed by atoms with van der Waals surface area (Å²) < 4.78 is 6.41. The quantitative estimate of drug-likeness (QED) is 0.248. The fraction of sp³-hybridized carbons (Fsp3) is 0.0588. The molecule has 0 spiro atoms. The van der Waals surface area contributed by atoms with Gasteiger partial charge in [0.2, 0.25) is 0 Å². The van der Waals surface area contributed by atoms with Crippen LogP contribution in [0.3, 0.4) is 0 Å². The molecule has 0 fully saturated rings. The standard InChI is InChI=1S/C34H24O3S/c35-19-21-1-5-23(6-2-21)25-9-13-29-27(17-25)11-15-31-33(29)38-34-30-14-10-26(18-28(30)12-16-32(34)37-31)24-7-3-22(20-36)4-8-24/h1-18,35-36H,19-20H2. The third kappa shape index (κ3) is 3.95. The van der Waals surface area contributed by atoms with E-state index < -0.39 is 0 Å². The Kier molecular flexibility index (Phi) is 5.67. The zero-order valence-corrected chi connectivity index (χ0v) is 21.3. The molecule has 4 heteroatoms. The fourth-order valence-electron chi connectivity index (χ4n) is 5.12. The Morgan fingerprint density at radius 3 is 1.32 bits per heavy atom. The van der Waals surface area contributed by atoms with Gasteiger partial charge in [0, 0.05) is 0 Å². The Morgan fingerprint density at radius 2 is 0.895 bits per heavy atom. The molecular formula is C34H24O3S. The number of aliphatic hydroxyl groups is 2. The first-order valence-corrected chi connectivity index (χ1v) is 13.4. The van der Waals surface area contributed by atoms with Crippen molar-refractivity contribution in [2.45, 2.75) is 23.0 Å². The molecule has 0 unspecified atom stereocenters. The zero-order valence-electron chi connectivity index (χ0n) is 20.5. The van der Waals surface area contributed by atoms with Crippen LogP contribution >= 0.6 is 11.8 Å². The highest BCUT2D eigenvalue weighted by atomic mass is 32.2. The maximum atomic E-state index is 9.35. The summed E-state index contributed by atoms with van der Waals surface area (Å²) in [6, 6.07) is 37.6. The highest BCUT2D eigenvalue weighted by Gasteiger charge is 2.22. The topological polar surface area (TPSA) is 49.7 Å². The van der Waals surface area contributed by atoms with Gasteiger partial charge in [-0.25, -0.2) is 0 Å². The predicted octanol–water partition coefficient (Wildman–Crippen LogP) is 8.57. The molecule has 0 aliphatic carbocycles. The Labute approximate surface area is 225 Å². The minimum Gasteiger partial charge on any atom is -0.455 e. The van der Waals surface area contributed by atoms with E-state index in [1.807, 2.05) is 24.3 Å². The van der Waals surface area contributed by atoms with E-state index in [9.17, 15) is 10.2 Å². The molecule has 1 aliphatic rings. The highest BCUT2D eigenvalue weighted by Crippen LogP contribution is 2.52. The van der Waals surface area contributed by atoms with Crippen molar-refractivity contribution >= 4 is 33.3 Å². The van der Waals surface area contributed by atoms with Crippen molar-refractivity contribution in [3.05, 3.63) is 120 Å². The molecule has 6 aromatic carbocycles. The van der Waals surface area contributed by atoms with Gasteiger partial charge >= 0.3 is 0 Å². The lowest BCUT2D eigenvalue weighted by atomic mass is 9.99. The first-order chi connectivity index (χ1) is 18.7. The van der Waals surface area contributed by atoms with E-state index in [1.165, 1.54) is 21.5 Å². The van der Waals surface area contributed by atoms with Crippen molar-refractivity contribution in [2.24, 2.45) is 0 Å². The third-order valence-corrected chi connectivity index (χ3v) is 8.48. The van der Waals surface area contributed by atoms with Crippen LogP contribution in [0, 0.1) is 0 Å². The minimum atomic E-state index is 0.0521. The average Bonchev–Trinajstić information content (AvgIpc) is 2.99. The maximum absolute atomic E-state index is 9.35. The van der Waals surface area contributed by atoms with Gasteiger partial charge in [0.05, 0.1) is 23.0 Å². The number of ether oxygens (including phenoxy) is 1. The smallest absolute Gasteiger partial charge is 0.142 e. The molecule has 1 heterocycles. The van der Waals surface area contributed by atoms with Gasteiger partial charge in [-0.3, -0.25) is 0 Å². The number of rotatable bonds is 4. The van der Waals surface area contributed by atoms with Crippen molar-refractivity contribution < 1.29 is 14.9 Å². The molecule has 3 nitrogen and oxygen atoms in total. The Balaban J connectivity index is 1.27. The summed E-state index contributed by atoms with van der Waals surface area (Å²) in [5.41, 5.74) is 6.38. The number of hydrogen-bond acceptors (Lipinski definition) is 4. The lowest BCUT2D eigenvalue weighted by Gasteiger charge is -2.23. The monoisotopic (exact) mass is 512 g/mol. The van der Waals surface area contributed by atoms with Crippen molar-refractivity contribution in [2.75, 3.05) is 0 Å². The zero-order chi connectivity index (χ0) is 25.6. The van der Waals surface area contributed by atoms with Crippen LogP contribution in [0.1, 0.15) is 11.1 Å². The molecule has 1 aliphatic heterocycles. The fourth-order valence-corrected chi connectivity index (χ4v) is 6.34. The van der Waals surface area contributed by atoms with Gasteiger partial charge in [0.25, 0.3) is 0 Å². The van der Waals surface area contributed by atoms with Gasteiger partial charge in [0.15, 0.2) is 0 Å². The molecule has 6 aromatic rings. The van der Waals surface area contributed by atoms with E-state index in [4.69, 9.17) is 4.74 Å². The highest BCUT2D eigenvalue weighted by molar-refractivity contribution is 8.00. The molecule has 0 amide bonds. The van der Waals surface area contributed by atoms with E-state index in [-0.39, 0.29) is 13.2 Å². The van der Waals surface area contributed by atoms with Crippen molar-refractivity contribution in [3.8, 4) is 33.8 Å². The first-order valence-electron chi connectivity index (χ1n) is 12.6. The summed E-state index contributed by atoms with van der Waals surface area (Å²) in [5.74, 6) is 1.77. The molecule has 0 atom stereocenters. The van der Waals surface area contributed by atoms with Gasteiger partial charge in [-0.1, -0.05) is 96.7 Å². The van der Waals surface area contributed by atoms with Gasteiger partial charge in [-0.2, -0.15) is 0 Å². The van der Waals surface area contributed by atoms with E-state index in [0.717, 1.165) is 54.7 Å². The van der Waals surface area contributed by atoms with Crippen LogP contribution in [0.5, 0.6) is 11.5 Å². The molecular weight excluding hydrogens is 488 g/mol. The van der Waals surface area contributed by atoms with Crippen molar-refractivity contribution in [1.29, 1.82) is 0 Å². The molecule has 0 bridgehead atoms. The molecule has 0 saturated carbocycles. The summed E-state index contributed by atoms with van der Waals surface area (Å²) >= 11 is 1.77. The van der Waals surface area contributed by atoms with Crippen LogP contribution < -0.4 is 4.74 Å². The second kappa shape index (κ2) is 9.34. The van der Waals surface area contributed by atoms with Crippen molar-refractivity contribution in [3.63, 3.8) is 0 Å². The van der Waals surface area contributed by atoms with Crippen LogP contribution in [-0.4, -0.2) is 10.2 Å². The molecule has 2 N–H and O–H groups in total. The lowest BCUT2D eigenvalue weighted by molar-refractivity contribution is 0.281. The summed E-state index contributed by atoms with van der Waals surface area (Å²) in [7, 11) is 0. The van der Waals surface area contributed by atoms with Gasteiger partial charge in [-0.15, -0.1) is 0 Å². The van der Waals surface area contributed by atoms with Crippen LogP contribution in [0.4, 0.5) is 0 Å². The number of benzene rings is 6. The van der Waals surface area contributed by atoms with E-state index in [2.05, 4.69) is 84.9 Å². The summed E-state index contributed by atoms with van der Waals surface area (Å²) in [6.07, 6.45) is 0. The molecule has 38 heavy (non-hydrogen) atoms. The van der Waals surface area contributed by atoms with Crippen LogP contribution in [0.25, 0.3) is 43.8 Å². The third-order valence-electron chi connectivity index (χ3n) is 7.23. The number of hydrogen-bond donors (Lipinski definition) is 2. The predicted molar refractivity (Wildman–Crippen MR) is 155 cm³/mol. The lowest BCUT2D eigenvalue weighted by Crippen LogP contribution is -1.97. The van der Waals surface area contributed by atoms with Gasteiger partial charge < -0.3 is 14.9 Å². The maximum Gasteiger partial charge on any atom is 0.142 e. The largest absolute Gasteiger partial charge is 0.455 e. The van der Waals surface area contributed by atoms with Crippen LogP contribution in [0.15, 0.2) is 119 Å². The molecule has 184 valence electrons. The van der Waals surface area contributed by atoms with Crippen LogP contribution in [-0.2, 0) is 13.2 Å². The molecule has 0 saturated heterocycles. The van der Waals surface area contributed by atoms with Crippen molar-refractivity contribution in [1.82, 2.24) is 0 Å². The molecule has 0 radical (unpaired) electrons. The average molecular weight is 513 g/mol. The molecule has 7 rings (SSSR count). The second-order valence-corrected chi connectivity index (χ2v) is 10.6. The first kappa shape index (κ1) is 23.1. The summed E-state index contributed by atoms with van der Waals surface area (Å²) in [5, 5.41) is 23.4. The van der Waals surface area contributed by atoms with Gasteiger partial charge in [-0.05, 0) is 79.2 Å². The second-order valence-electron chi connectivity index (χ2n) is 9.57. The van der Waals surface area contributed by atoms with E-state index in [1.54, 1.807) is 11.8 Å². The Hall–Kier alpha value is -4.09. The van der Waals surface area contributed by atoms with E-state index >= 15 is 0 Å². The van der Waals surface area contributed by atoms with Gasteiger partial charge in [0.1, 0.15) is 11.5 Å². The normalized spacial score (nSPS) is 12.3.